The first kappa shape index (κ1) is 16.0. The normalized spacial score (nSPS) is 17.4. The van der Waals surface area contributed by atoms with Crippen molar-refractivity contribution in [1.29, 1.82) is 0 Å². The number of aromatic nitrogens is 1. The van der Waals surface area contributed by atoms with Crippen LogP contribution in [0.25, 0.3) is 10.9 Å². The van der Waals surface area contributed by atoms with Crippen LogP contribution in [0.5, 0.6) is 5.75 Å². The quantitative estimate of drug-likeness (QED) is 0.877. The lowest BCUT2D eigenvalue weighted by Gasteiger charge is -2.16. The zero-order chi connectivity index (χ0) is 11.7. The Morgan fingerprint density at radius 1 is 1.32 bits per heavy atom. The first-order valence-electron chi connectivity index (χ1n) is 6.12. The van der Waals surface area contributed by atoms with Crippen LogP contribution in [0.15, 0.2) is 30.5 Å². The van der Waals surface area contributed by atoms with Gasteiger partial charge in [-0.15, -0.1) is 24.8 Å². The average molecular weight is 301 g/mol. The molecule has 1 atom stereocenters. The Morgan fingerprint density at radius 2 is 2.16 bits per heavy atom. The fourth-order valence-electron chi connectivity index (χ4n) is 2.23. The van der Waals surface area contributed by atoms with E-state index in [0.29, 0.717) is 0 Å². The van der Waals surface area contributed by atoms with Gasteiger partial charge < -0.3 is 10.1 Å². The van der Waals surface area contributed by atoms with Crippen LogP contribution < -0.4 is 10.1 Å². The van der Waals surface area contributed by atoms with E-state index in [4.69, 9.17) is 4.74 Å². The summed E-state index contributed by atoms with van der Waals surface area (Å²) in [4.78, 5) is 4.45. The lowest BCUT2D eigenvalue weighted by atomic mass is 10.1. The highest BCUT2D eigenvalue weighted by molar-refractivity contribution is 5.86. The van der Waals surface area contributed by atoms with Crippen molar-refractivity contribution in [2.75, 3.05) is 6.54 Å². The molecule has 1 aliphatic rings. The first-order chi connectivity index (χ1) is 8.38. The van der Waals surface area contributed by atoms with Gasteiger partial charge in [0.25, 0.3) is 0 Å². The molecule has 1 aliphatic heterocycles. The van der Waals surface area contributed by atoms with Crippen molar-refractivity contribution < 1.29 is 4.74 Å². The Morgan fingerprint density at radius 3 is 2.95 bits per heavy atom. The third-order valence-electron chi connectivity index (χ3n) is 3.24. The minimum Gasteiger partial charge on any atom is -0.486 e. The van der Waals surface area contributed by atoms with E-state index < -0.39 is 0 Å². The molecule has 0 spiro atoms. The van der Waals surface area contributed by atoms with Gasteiger partial charge in [0.05, 0.1) is 0 Å². The molecule has 0 radical (unpaired) electrons. The van der Waals surface area contributed by atoms with E-state index in [0.717, 1.165) is 36.2 Å². The molecule has 0 aliphatic carbocycles. The maximum atomic E-state index is 6.09. The molecule has 0 fully saturated rings. The molecule has 0 saturated carbocycles. The number of nitrogens with zero attached hydrogens (tertiary/aromatic N) is 1. The van der Waals surface area contributed by atoms with Crippen LogP contribution in [-0.4, -0.2) is 17.6 Å². The molecule has 0 bridgehead atoms. The summed E-state index contributed by atoms with van der Waals surface area (Å²) in [5, 5.41) is 4.56. The molecule has 2 heterocycles. The minimum absolute atomic E-state index is 0. The number of rotatable bonds is 1. The van der Waals surface area contributed by atoms with Gasteiger partial charge in [-0.05, 0) is 12.5 Å². The molecular weight excluding hydrogens is 283 g/mol. The first-order valence-corrected chi connectivity index (χ1v) is 6.12. The summed E-state index contributed by atoms with van der Waals surface area (Å²) in [5.41, 5.74) is 2.18. The molecular formula is C14H18Cl2N2O. The van der Waals surface area contributed by atoms with Gasteiger partial charge in [0.1, 0.15) is 17.4 Å². The highest BCUT2D eigenvalue weighted by atomic mass is 35.5. The molecule has 104 valence electrons. The molecule has 0 amide bonds. The lowest BCUT2D eigenvalue weighted by molar-refractivity contribution is 0.204. The number of benzene rings is 1. The van der Waals surface area contributed by atoms with Gasteiger partial charge in [-0.2, -0.15) is 0 Å². The maximum absolute atomic E-state index is 6.09. The number of hydrogen-bond donors (Lipinski definition) is 1. The average Bonchev–Trinajstić information content (AvgIpc) is 2.60. The molecule has 1 aromatic carbocycles. The summed E-state index contributed by atoms with van der Waals surface area (Å²) in [5.74, 6) is 0.958. The summed E-state index contributed by atoms with van der Waals surface area (Å²) in [6.45, 7) is 3.91. The van der Waals surface area contributed by atoms with E-state index >= 15 is 0 Å². The summed E-state index contributed by atoms with van der Waals surface area (Å²) in [6, 6.07) is 8.27. The number of fused-ring (bicyclic) bond motifs is 3. The molecule has 5 heteroatoms. The molecule has 3 rings (SSSR count). The molecule has 1 aromatic heterocycles. The zero-order valence-corrected chi connectivity index (χ0v) is 12.4. The second-order valence-electron chi connectivity index (χ2n) is 4.41. The van der Waals surface area contributed by atoms with Crippen LogP contribution in [-0.2, 0) is 6.54 Å². The molecule has 3 nitrogen and oxygen atoms in total. The van der Waals surface area contributed by atoms with Crippen LogP contribution in [0.3, 0.4) is 0 Å². The standard InChI is InChI=1S/C14H16N2O.2ClH/c1-2-12-9-15-8-11-6-5-10-4-3-7-16-13(10)14(11)17-12;;/h3-7,12,15H,2,8-9H2,1H3;2*1H/t12-;;/m1../s1. The number of halogens is 2. The van der Waals surface area contributed by atoms with Crippen LogP contribution in [0.2, 0.25) is 0 Å². The number of ether oxygens (including phenoxy) is 1. The van der Waals surface area contributed by atoms with Gasteiger partial charge >= 0.3 is 0 Å². The fraction of sp³-hybridized carbons (Fsp3) is 0.357. The van der Waals surface area contributed by atoms with E-state index in [-0.39, 0.29) is 30.9 Å². The Balaban J connectivity index is 0.000000902. The van der Waals surface area contributed by atoms with E-state index in [1.165, 1.54) is 5.56 Å². The largest absolute Gasteiger partial charge is 0.486 e. The summed E-state index contributed by atoms with van der Waals surface area (Å²) in [7, 11) is 0. The van der Waals surface area contributed by atoms with Gasteiger partial charge in [0.2, 0.25) is 0 Å². The highest BCUT2D eigenvalue weighted by Crippen LogP contribution is 2.30. The van der Waals surface area contributed by atoms with Gasteiger partial charge in [0.15, 0.2) is 0 Å². The number of hydrogen-bond acceptors (Lipinski definition) is 3. The van der Waals surface area contributed by atoms with Gasteiger partial charge in [-0.1, -0.05) is 25.1 Å². The predicted molar refractivity (Wildman–Crippen MR) is 82.7 cm³/mol. The van der Waals surface area contributed by atoms with Crippen molar-refractivity contribution >= 4 is 35.7 Å². The van der Waals surface area contributed by atoms with Crippen LogP contribution in [0, 0.1) is 0 Å². The third kappa shape index (κ3) is 3.11. The molecule has 1 N–H and O–H groups in total. The monoisotopic (exact) mass is 300 g/mol. The fourth-order valence-corrected chi connectivity index (χ4v) is 2.23. The molecule has 2 aromatic rings. The third-order valence-corrected chi connectivity index (χ3v) is 3.24. The zero-order valence-electron chi connectivity index (χ0n) is 10.8. The summed E-state index contributed by atoms with van der Waals surface area (Å²) in [6.07, 6.45) is 3.07. The Kier molecular flexibility index (Phi) is 5.85. The van der Waals surface area contributed by atoms with Gasteiger partial charge in [0, 0.05) is 30.2 Å². The minimum atomic E-state index is 0. The van der Waals surface area contributed by atoms with Gasteiger partial charge in [-0.3, -0.25) is 4.98 Å². The smallest absolute Gasteiger partial charge is 0.150 e. The Hall–Kier alpha value is -1.03. The van der Waals surface area contributed by atoms with Crippen molar-refractivity contribution in [2.45, 2.75) is 26.0 Å². The molecule has 0 saturated heterocycles. The summed E-state index contributed by atoms with van der Waals surface area (Å²) < 4.78 is 6.09. The highest BCUT2D eigenvalue weighted by Gasteiger charge is 2.18. The van der Waals surface area contributed by atoms with Crippen molar-refractivity contribution in [3.63, 3.8) is 0 Å². The number of nitrogens with one attached hydrogen (secondary N) is 1. The van der Waals surface area contributed by atoms with Crippen molar-refractivity contribution in [3.8, 4) is 5.75 Å². The van der Waals surface area contributed by atoms with Crippen LogP contribution >= 0.6 is 24.8 Å². The lowest BCUT2D eigenvalue weighted by Crippen LogP contribution is -2.27. The Labute approximate surface area is 125 Å². The SMILES string of the molecule is CC[C@@H]1CNCc2ccc3cccnc3c2O1.Cl.Cl. The maximum Gasteiger partial charge on any atom is 0.150 e. The van der Waals surface area contributed by atoms with Crippen molar-refractivity contribution in [1.82, 2.24) is 10.3 Å². The second kappa shape index (κ2) is 6.94. The summed E-state index contributed by atoms with van der Waals surface area (Å²) >= 11 is 0. The van der Waals surface area contributed by atoms with Gasteiger partial charge in [-0.25, -0.2) is 0 Å². The van der Waals surface area contributed by atoms with E-state index in [1.54, 1.807) is 0 Å². The second-order valence-corrected chi connectivity index (χ2v) is 4.41. The van der Waals surface area contributed by atoms with Crippen LogP contribution in [0.4, 0.5) is 0 Å². The van der Waals surface area contributed by atoms with E-state index in [1.807, 2.05) is 12.3 Å². The topological polar surface area (TPSA) is 34.2 Å². The van der Waals surface area contributed by atoms with E-state index in [2.05, 4.69) is 35.4 Å². The Bertz CT molecular complexity index is 548. The van der Waals surface area contributed by atoms with Crippen molar-refractivity contribution in [3.05, 3.63) is 36.0 Å². The van der Waals surface area contributed by atoms with Crippen LogP contribution in [0.1, 0.15) is 18.9 Å². The predicted octanol–water partition coefficient (Wildman–Crippen LogP) is 3.34. The van der Waals surface area contributed by atoms with E-state index in [9.17, 15) is 0 Å². The van der Waals surface area contributed by atoms with Crippen molar-refractivity contribution in [2.24, 2.45) is 0 Å². The molecule has 19 heavy (non-hydrogen) atoms. The molecule has 0 unspecified atom stereocenters. The number of pyridine rings is 1.